The van der Waals surface area contributed by atoms with Gasteiger partial charge in [-0.25, -0.2) is 9.59 Å². The molecule has 0 bridgehead atoms. The Labute approximate surface area is 437 Å². The number of hydrogen-bond acceptors (Lipinski definition) is 17. The van der Waals surface area contributed by atoms with E-state index >= 15 is 0 Å². The van der Waals surface area contributed by atoms with Crippen LogP contribution in [0.1, 0.15) is 74.4 Å². The van der Waals surface area contributed by atoms with E-state index in [0.29, 0.717) is 54.4 Å². The summed E-state index contributed by atoms with van der Waals surface area (Å²) in [5.74, 6) is 0.702. The maximum absolute atomic E-state index is 12.8. The van der Waals surface area contributed by atoms with Gasteiger partial charge >= 0.3 is 31.5 Å². The molecule has 0 aliphatic carbocycles. The largest absolute Gasteiger partial charge is 0.496 e. The van der Waals surface area contributed by atoms with Crippen molar-refractivity contribution in [1.82, 2.24) is 0 Å². The van der Waals surface area contributed by atoms with Gasteiger partial charge in [0.1, 0.15) is 59.2 Å². The van der Waals surface area contributed by atoms with Crippen molar-refractivity contribution in [3.05, 3.63) is 67.8 Å². The molecule has 0 saturated carbocycles. The van der Waals surface area contributed by atoms with Crippen LogP contribution in [-0.4, -0.2) is 127 Å². The van der Waals surface area contributed by atoms with Crippen LogP contribution in [0.25, 0.3) is 0 Å². The molecule has 2 aromatic rings. The zero-order valence-electron chi connectivity index (χ0n) is 45.7. The number of hydrogen-bond donors (Lipinski definition) is 0. The monoisotopic (exact) mass is 1150 g/mol. The van der Waals surface area contributed by atoms with Crippen molar-refractivity contribution in [2.24, 2.45) is 0 Å². The zero-order valence-corrected chi connectivity index (χ0v) is 51.1. The lowest BCUT2D eigenvalue weighted by molar-refractivity contribution is -0.140. The normalized spacial score (nSPS) is 14.8. The van der Waals surface area contributed by atoms with Crippen molar-refractivity contribution >= 4 is 70.9 Å². The summed E-state index contributed by atoms with van der Waals surface area (Å²) >= 11 is 3.48. The molecule has 2 aliphatic rings. The third-order valence-electron chi connectivity index (χ3n) is 12.0. The minimum atomic E-state index is -3.23. The fourth-order valence-corrected chi connectivity index (χ4v) is 11.3. The second-order valence-electron chi connectivity index (χ2n) is 19.8. The number of alkyl halides is 1. The molecule has 0 saturated heterocycles. The highest BCUT2D eigenvalue weighted by Crippen LogP contribution is 2.51. The third kappa shape index (κ3) is 18.3. The highest BCUT2D eigenvalue weighted by Gasteiger charge is 2.37. The van der Waals surface area contributed by atoms with Gasteiger partial charge in [-0.3, -0.25) is 18.7 Å². The predicted molar refractivity (Wildman–Crippen MR) is 289 cm³/mol. The van der Waals surface area contributed by atoms with E-state index in [2.05, 4.69) is 82.0 Å². The summed E-state index contributed by atoms with van der Waals surface area (Å²) in [5, 5.41) is 0.813. The summed E-state index contributed by atoms with van der Waals surface area (Å²) in [6, 6.07) is 1.97. The first kappa shape index (κ1) is 64.4. The lowest BCUT2D eigenvalue weighted by atomic mass is 9.94. The van der Waals surface area contributed by atoms with Gasteiger partial charge in [0.25, 0.3) is 0 Å². The molecule has 0 amide bonds. The fourth-order valence-electron chi connectivity index (χ4n) is 7.38. The molecular formula is C50H79BrO17P2Si2. The minimum absolute atomic E-state index is 0.194. The van der Waals surface area contributed by atoms with Crippen molar-refractivity contribution in [3.63, 3.8) is 0 Å². The number of ether oxygens (including phenoxy) is 8. The summed E-state index contributed by atoms with van der Waals surface area (Å²) in [6.45, 7) is 24.6. The van der Waals surface area contributed by atoms with E-state index in [4.69, 9.17) is 37.7 Å². The van der Waals surface area contributed by atoms with Gasteiger partial charge in [-0.2, -0.15) is 0 Å². The quantitative estimate of drug-likeness (QED) is 0.0239. The second kappa shape index (κ2) is 28.8. The third-order valence-corrected chi connectivity index (χ3v) is 20.3. The van der Waals surface area contributed by atoms with E-state index < -0.39 is 54.7 Å². The number of halogens is 1. The average molecular weight is 1150 g/mol. The van der Waals surface area contributed by atoms with Crippen LogP contribution >= 0.6 is 30.9 Å². The summed E-state index contributed by atoms with van der Waals surface area (Å²) < 4.78 is 81.8. The maximum Gasteiger partial charge on any atom is 0.342 e. The lowest BCUT2D eigenvalue weighted by Crippen LogP contribution is -2.23. The van der Waals surface area contributed by atoms with E-state index in [-0.39, 0.29) is 31.8 Å². The Bertz CT molecular complexity index is 2400. The van der Waals surface area contributed by atoms with Crippen molar-refractivity contribution in [1.29, 1.82) is 0 Å². The molecular weight excluding hydrogens is 1070 g/mol. The van der Waals surface area contributed by atoms with Crippen LogP contribution in [0.2, 0.25) is 51.4 Å². The summed E-state index contributed by atoms with van der Waals surface area (Å²) in [4.78, 5) is 47.9. The van der Waals surface area contributed by atoms with Crippen LogP contribution in [0, 0.1) is 13.8 Å². The van der Waals surface area contributed by atoms with Crippen LogP contribution in [-0.2, 0) is 77.3 Å². The van der Waals surface area contributed by atoms with E-state index in [1.165, 1.54) is 47.8 Å². The Balaban J connectivity index is 0.000000419. The predicted octanol–water partition coefficient (Wildman–Crippen LogP) is 11.3. The maximum atomic E-state index is 12.8. The molecule has 406 valence electrons. The molecule has 22 heteroatoms. The molecule has 2 aliphatic heterocycles. The van der Waals surface area contributed by atoms with Gasteiger partial charge in [0.15, 0.2) is 0 Å². The second-order valence-corrected chi connectivity index (χ2v) is 36.7. The highest BCUT2D eigenvalue weighted by molar-refractivity contribution is 9.09. The van der Waals surface area contributed by atoms with Gasteiger partial charge in [0.05, 0.1) is 41.7 Å². The molecule has 0 aromatic heterocycles. The van der Waals surface area contributed by atoms with Crippen LogP contribution in [0.3, 0.4) is 0 Å². The van der Waals surface area contributed by atoms with E-state index in [9.17, 15) is 28.3 Å². The SMILES string of the molecule is COC(=O)C(C/C(C)=C/Cc1c(OC)c(C)c2c(c1OCC[Si](C)(C)C)C(=O)OC2)P(C)(=O)OC.COC(=O)CP(=O)(OC)OC.COc1c(C)c2c(c(OCC[Si](C)(C)C)c1C/C=C(\C)CBr)C(=O)OC2. The Morgan fingerprint density at radius 3 is 1.42 bits per heavy atom. The Morgan fingerprint density at radius 2 is 1.08 bits per heavy atom. The topological polar surface area (TPSA) is 204 Å². The number of cyclic esters (lactones) is 2. The molecule has 0 radical (unpaired) electrons. The molecule has 4 rings (SSSR count). The van der Waals surface area contributed by atoms with Crippen molar-refractivity contribution < 1.29 is 79.8 Å². The van der Waals surface area contributed by atoms with Crippen LogP contribution < -0.4 is 18.9 Å². The number of rotatable bonds is 24. The first-order valence-electron chi connectivity index (χ1n) is 23.4. The van der Waals surface area contributed by atoms with Gasteiger partial charge in [0.2, 0.25) is 7.37 Å². The van der Waals surface area contributed by atoms with Gasteiger partial charge < -0.3 is 51.5 Å². The molecule has 17 nitrogen and oxygen atoms in total. The van der Waals surface area contributed by atoms with Crippen LogP contribution in [0.5, 0.6) is 23.0 Å². The molecule has 2 heterocycles. The standard InChI is InChI=1S/C25H39O8PSi.C20H29BrO4Si.C5H11O5P/c1-16(14-20(24(26)30-4)34(6,28)31-5)10-11-18-22(29-3)17(2)19-15-33-25(27)21(19)23(18)32-12-13-35(7,8)9;1-13(11-21)7-8-15-18(23-3)14(2)16-12-25-20(22)17(16)19(15)24-9-10-26(4,5)6;1-8-5(6)4-11(7,9-2)10-3/h10,20H,11-15H2,1-9H3;7H,8-12H2,1-6H3;4H2,1-3H3/b16-10+;13-7+;. The Morgan fingerprint density at radius 1 is 0.667 bits per heavy atom. The summed E-state index contributed by atoms with van der Waals surface area (Å²) in [5.41, 5.74) is 7.36. The molecule has 72 heavy (non-hydrogen) atoms. The van der Waals surface area contributed by atoms with E-state index in [0.717, 1.165) is 62.1 Å². The number of esters is 4. The van der Waals surface area contributed by atoms with Gasteiger partial charge in [-0.05, 0) is 70.2 Å². The van der Waals surface area contributed by atoms with E-state index in [1.807, 2.05) is 26.8 Å². The summed E-state index contributed by atoms with van der Waals surface area (Å²) in [6.07, 6.45) is 4.99. The van der Waals surface area contributed by atoms with Crippen molar-refractivity contribution in [3.8, 4) is 23.0 Å². The molecule has 0 N–H and O–H groups in total. The molecule has 2 aromatic carbocycles. The van der Waals surface area contributed by atoms with Crippen LogP contribution in [0.15, 0.2) is 23.3 Å². The first-order valence-corrected chi connectivity index (χ1v) is 35.8. The zero-order chi connectivity index (χ0) is 54.9. The molecule has 2 atom stereocenters. The first-order chi connectivity index (χ1) is 33.5. The van der Waals surface area contributed by atoms with Gasteiger partial charge in [-0.1, -0.05) is 78.5 Å². The smallest absolute Gasteiger partial charge is 0.342 e. The highest BCUT2D eigenvalue weighted by atomic mass is 79.9. The minimum Gasteiger partial charge on any atom is -0.496 e. The fraction of sp³-hybridized carbons (Fsp3) is 0.600. The Kier molecular flexibility index (Phi) is 25.7. The van der Waals surface area contributed by atoms with Crippen molar-refractivity contribution in [2.45, 2.75) is 117 Å². The van der Waals surface area contributed by atoms with E-state index in [1.54, 1.807) is 14.2 Å². The number of benzene rings is 2. The number of carbonyl (C=O) groups is 4. The van der Waals surface area contributed by atoms with Crippen LogP contribution in [0.4, 0.5) is 0 Å². The lowest BCUT2D eigenvalue weighted by Gasteiger charge is -2.22. The van der Waals surface area contributed by atoms with Gasteiger partial charge in [-0.15, -0.1) is 0 Å². The summed E-state index contributed by atoms with van der Waals surface area (Å²) in [7, 11) is 0.465. The number of allylic oxidation sites excluding steroid dienone is 4. The number of methoxy groups -OCH3 is 4. The molecule has 2 unspecified atom stereocenters. The number of fused-ring (bicyclic) bond motifs is 2. The Hall–Kier alpha value is -3.75. The average Bonchev–Trinajstić information content (AvgIpc) is 3.92. The number of carbonyl (C=O) groups excluding carboxylic acids is 4. The van der Waals surface area contributed by atoms with Crippen molar-refractivity contribution in [2.75, 3.05) is 81.1 Å². The molecule has 0 fully saturated rings. The van der Waals surface area contributed by atoms with Gasteiger partial charge in [0, 0.05) is 71.7 Å². The molecule has 0 spiro atoms.